The Morgan fingerprint density at radius 3 is 2.95 bits per heavy atom. The Kier molecular flexibility index (Phi) is 5.25. The molecule has 1 aliphatic heterocycles. The average Bonchev–Trinajstić information content (AvgIpc) is 2.38. The Balaban J connectivity index is 1.88. The molecule has 1 aromatic rings. The molecule has 1 atom stereocenters. The molecule has 2 rings (SSSR count). The molecule has 0 aromatic heterocycles. The van der Waals surface area contributed by atoms with Crippen molar-refractivity contribution in [3.8, 4) is 5.75 Å². The molecule has 106 valence electrons. The summed E-state index contributed by atoms with van der Waals surface area (Å²) in [5.74, 6) is 0.938. The van der Waals surface area contributed by atoms with Gasteiger partial charge < -0.3 is 9.47 Å². The molecule has 0 amide bonds. The van der Waals surface area contributed by atoms with E-state index in [1.807, 2.05) is 12.1 Å². The van der Waals surface area contributed by atoms with Crippen LogP contribution in [0.4, 0.5) is 0 Å². The van der Waals surface area contributed by atoms with Gasteiger partial charge in [0.1, 0.15) is 18.5 Å². The minimum Gasteiger partial charge on any atom is -0.491 e. The van der Waals surface area contributed by atoms with Gasteiger partial charge in [-0.05, 0) is 44.5 Å². The van der Waals surface area contributed by atoms with Crippen LogP contribution in [0.25, 0.3) is 0 Å². The normalized spacial score (nSPS) is 20.8. The summed E-state index contributed by atoms with van der Waals surface area (Å²) in [6.07, 6.45) is 0.166. The van der Waals surface area contributed by atoms with E-state index in [0.717, 1.165) is 35.5 Å². The maximum atomic E-state index is 5.89. The standard InChI is InChI=1S/C15H22BrNO2/c1-11(2)17-6-7-18-14(9-17)10-19-15-5-4-13(16)8-12(15)3/h4-5,8,11,14H,6-7,9-10H2,1-3H3. The number of halogens is 1. The highest BCUT2D eigenvalue weighted by Gasteiger charge is 2.22. The first-order chi connectivity index (χ1) is 9.06. The van der Waals surface area contributed by atoms with Gasteiger partial charge in [0.25, 0.3) is 0 Å². The molecule has 19 heavy (non-hydrogen) atoms. The fraction of sp³-hybridized carbons (Fsp3) is 0.600. The molecule has 0 saturated carbocycles. The van der Waals surface area contributed by atoms with Crippen molar-refractivity contribution in [2.75, 3.05) is 26.3 Å². The number of nitrogens with zero attached hydrogens (tertiary/aromatic N) is 1. The molecular formula is C15H22BrNO2. The van der Waals surface area contributed by atoms with Crippen molar-refractivity contribution in [1.82, 2.24) is 4.90 Å². The third kappa shape index (κ3) is 4.20. The maximum Gasteiger partial charge on any atom is 0.122 e. The molecule has 4 heteroatoms. The van der Waals surface area contributed by atoms with Crippen molar-refractivity contribution in [1.29, 1.82) is 0 Å². The second-order valence-electron chi connectivity index (χ2n) is 5.30. The Bertz CT molecular complexity index is 423. The lowest BCUT2D eigenvalue weighted by Gasteiger charge is -2.35. The van der Waals surface area contributed by atoms with Crippen molar-refractivity contribution >= 4 is 15.9 Å². The number of rotatable bonds is 4. The molecule has 1 unspecified atom stereocenters. The summed E-state index contributed by atoms with van der Waals surface area (Å²) in [6, 6.07) is 6.64. The highest BCUT2D eigenvalue weighted by atomic mass is 79.9. The highest BCUT2D eigenvalue weighted by Crippen LogP contribution is 2.22. The van der Waals surface area contributed by atoms with Gasteiger partial charge >= 0.3 is 0 Å². The van der Waals surface area contributed by atoms with E-state index in [-0.39, 0.29) is 6.10 Å². The van der Waals surface area contributed by atoms with E-state index in [1.165, 1.54) is 0 Å². The predicted octanol–water partition coefficient (Wildman–Crippen LogP) is 3.25. The topological polar surface area (TPSA) is 21.7 Å². The lowest BCUT2D eigenvalue weighted by molar-refractivity contribution is -0.0565. The Morgan fingerprint density at radius 1 is 1.47 bits per heavy atom. The van der Waals surface area contributed by atoms with Crippen LogP contribution < -0.4 is 4.74 Å². The van der Waals surface area contributed by atoms with Crippen LogP contribution >= 0.6 is 15.9 Å². The Morgan fingerprint density at radius 2 is 2.26 bits per heavy atom. The molecule has 1 aromatic carbocycles. The number of benzene rings is 1. The maximum absolute atomic E-state index is 5.89. The monoisotopic (exact) mass is 327 g/mol. The lowest BCUT2D eigenvalue weighted by Crippen LogP contribution is -2.47. The van der Waals surface area contributed by atoms with E-state index < -0.39 is 0 Å². The van der Waals surface area contributed by atoms with E-state index >= 15 is 0 Å². The first kappa shape index (κ1) is 14.8. The van der Waals surface area contributed by atoms with Crippen molar-refractivity contribution in [3.63, 3.8) is 0 Å². The van der Waals surface area contributed by atoms with Crippen LogP contribution in [0.5, 0.6) is 5.75 Å². The number of hydrogen-bond donors (Lipinski definition) is 0. The number of ether oxygens (including phenoxy) is 2. The smallest absolute Gasteiger partial charge is 0.122 e. The van der Waals surface area contributed by atoms with Crippen LogP contribution in [0.2, 0.25) is 0 Å². The van der Waals surface area contributed by atoms with Gasteiger partial charge in [0, 0.05) is 23.6 Å². The van der Waals surface area contributed by atoms with Crippen LogP contribution in [0.3, 0.4) is 0 Å². The minimum absolute atomic E-state index is 0.166. The summed E-state index contributed by atoms with van der Waals surface area (Å²) >= 11 is 3.46. The van der Waals surface area contributed by atoms with E-state index in [1.54, 1.807) is 0 Å². The molecule has 0 radical (unpaired) electrons. The van der Waals surface area contributed by atoms with Gasteiger partial charge in [0.15, 0.2) is 0 Å². The zero-order chi connectivity index (χ0) is 13.8. The third-order valence-electron chi connectivity index (χ3n) is 3.46. The van der Waals surface area contributed by atoms with Crippen molar-refractivity contribution in [2.24, 2.45) is 0 Å². The number of aryl methyl sites for hydroxylation is 1. The van der Waals surface area contributed by atoms with E-state index in [0.29, 0.717) is 12.6 Å². The largest absolute Gasteiger partial charge is 0.491 e. The first-order valence-electron chi connectivity index (χ1n) is 6.81. The average molecular weight is 328 g/mol. The SMILES string of the molecule is Cc1cc(Br)ccc1OCC1CN(C(C)C)CCO1. The van der Waals surface area contributed by atoms with Crippen LogP contribution in [0.15, 0.2) is 22.7 Å². The van der Waals surface area contributed by atoms with Gasteiger partial charge in [-0.15, -0.1) is 0 Å². The molecule has 1 heterocycles. The summed E-state index contributed by atoms with van der Waals surface area (Å²) < 4.78 is 12.7. The van der Waals surface area contributed by atoms with Crippen LogP contribution in [0, 0.1) is 6.92 Å². The van der Waals surface area contributed by atoms with Crippen molar-refractivity contribution < 1.29 is 9.47 Å². The van der Waals surface area contributed by atoms with E-state index in [4.69, 9.17) is 9.47 Å². The molecule has 0 aliphatic carbocycles. The summed E-state index contributed by atoms with van der Waals surface area (Å²) in [6.45, 7) is 9.89. The quantitative estimate of drug-likeness (QED) is 0.847. The van der Waals surface area contributed by atoms with Gasteiger partial charge in [-0.3, -0.25) is 4.90 Å². The molecular weight excluding hydrogens is 306 g/mol. The molecule has 0 spiro atoms. The molecule has 0 N–H and O–H groups in total. The fourth-order valence-corrected chi connectivity index (χ4v) is 2.75. The molecule has 0 bridgehead atoms. The first-order valence-corrected chi connectivity index (χ1v) is 7.60. The summed E-state index contributed by atoms with van der Waals surface area (Å²) in [4.78, 5) is 2.44. The Labute approximate surface area is 124 Å². The summed E-state index contributed by atoms with van der Waals surface area (Å²) in [5.41, 5.74) is 1.14. The Hall–Kier alpha value is -0.580. The van der Waals surface area contributed by atoms with Crippen LogP contribution in [-0.2, 0) is 4.74 Å². The molecule has 1 fully saturated rings. The predicted molar refractivity (Wildman–Crippen MR) is 80.8 cm³/mol. The summed E-state index contributed by atoms with van der Waals surface area (Å²) in [7, 11) is 0. The lowest BCUT2D eigenvalue weighted by atomic mass is 10.2. The van der Waals surface area contributed by atoms with Gasteiger partial charge in [0.05, 0.1) is 6.61 Å². The van der Waals surface area contributed by atoms with Gasteiger partial charge in [-0.25, -0.2) is 0 Å². The zero-order valence-corrected chi connectivity index (χ0v) is 13.4. The molecule has 1 saturated heterocycles. The van der Waals surface area contributed by atoms with Gasteiger partial charge in [0.2, 0.25) is 0 Å². The second kappa shape index (κ2) is 6.73. The van der Waals surface area contributed by atoms with Crippen molar-refractivity contribution in [3.05, 3.63) is 28.2 Å². The third-order valence-corrected chi connectivity index (χ3v) is 3.96. The number of hydrogen-bond acceptors (Lipinski definition) is 3. The summed E-state index contributed by atoms with van der Waals surface area (Å²) in [5, 5.41) is 0. The molecule has 1 aliphatic rings. The van der Waals surface area contributed by atoms with Crippen molar-refractivity contribution in [2.45, 2.75) is 32.9 Å². The van der Waals surface area contributed by atoms with E-state index in [2.05, 4.69) is 47.7 Å². The molecule has 3 nitrogen and oxygen atoms in total. The minimum atomic E-state index is 0.166. The van der Waals surface area contributed by atoms with E-state index in [9.17, 15) is 0 Å². The highest BCUT2D eigenvalue weighted by molar-refractivity contribution is 9.10. The van der Waals surface area contributed by atoms with Gasteiger partial charge in [-0.1, -0.05) is 15.9 Å². The van der Waals surface area contributed by atoms with Crippen LogP contribution in [0.1, 0.15) is 19.4 Å². The number of morpholine rings is 1. The second-order valence-corrected chi connectivity index (χ2v) is 6.22. The fourth-order valence-electron chi connectivity index (χ4n) is 2.27. The van der Waals surface area contributed by atoms with Gasteiger partial charge in [-0.2, -0.15) is 0 Å². The zero-order valence-electron chi connectivity index (χ0n) is 11.9. The van der Waals surface area contributed by atoms with Crippen LogP contribution in [-0.4, -0.2) is 43.3 Å².